The van der Waals surface area contributed by atoms with Crippen molar-refractivity contribution in [3.05, 3.63) is 66.0 Å². The molecule has 4 aromatic heterocycles. The number of pyridine rings is 3. The zero-order valence-electron chi connectivity index (χ0n) is 18.2. The molecule has 1 saturated carbocycles. The van der Waals surface area contributed by atoms with Gasteiger partial charge in [-0.15, -0.1) is 0 Å². The monoisotopic (exact) mass is 404 g/mol. The standard InChI is InChI=1S/C28H26N3/c1-17-10-11-21-26-22(9-6-13-29-26)31-23-16-20(18-7-4-3-5-8-18)15-19-12-14-30(2)28(25(19)23)24(17)27(21)31/h6,9-16,18H,3-5,7-8H2,1-2H3/q+1. The molecule has 1 aliphatic rings. The van der Waals surface area contributed by atoms with Crippen LogP contribution in [0.2, 0.25) is 0 Å². The van der Waals surface area contributed by atoms with Crippen LogP contribution in [-0.2, 0) is 7.05 Å². The summed E-state index contributed by atoms with van der Waals surface area (Å²) in [5, 5.41) is 5.33. The molecule has 3 heteroatoms. The van der Waals surface area contributed by atoms with Gasteiger partial charge in [0.15, 0.2) is 6.20 Å². The molecule has 0 N–H and O–H groups in total. The third-order valence-electron chi connectivity index (χ3n) is 7.68. The minimum atomic E-state index is 0.682. The molecule has 0 aliphatic heterocycles. The van der Waals surface area contributed by atoms with Crippen molar-refractivity contribution in [3.8, 4) is 0 Å². The number of benzene rings is 2. The molecule has 7 rings (SSSR count). The maximum atomic E-state index is 4.81. The average molecular weight is 405 g/mol. The molecule has 0 radical (unpaired) electrons. The molecule has 0 saturated heterocycles. The number of aromatic nitrogens is 3. The van der Waals surface area contributed by atoms with E-state index in [-0.39, 0.29) is 0 Å². The van der Waals surface area contributed by atoms with Crippen LogP contribution in [0.1, 0.15) is 49.1 Å². The fraction of sp³-hybridized carbons (Fsp3) is 0.286. The lowest BCUT2D eigenvalue weighted by Crippen LogP contribution is -2.29. The summed E-state index contributed by atoms with van der Waals surface area (Å²) in [6, 6.07) is 16.1. The highest BCUT2D eigenvalue weighted by Crippen LogP contribution is 2.42. The highest BCUT2D eigenvalue weighted by atomic mass is 15.0. The van der Waals surface area contributed by atoms with Gasteiger partial charge in [0.05, 0.1) is 32.8 Å². The Balaban J connectivity index is 1.78. The lowest BCUT2D eigenvalue weighted by molar-refractivity contribution is -0.643. The van der Waals surface area contributed by atoms with Gasteiger partial charge in [-0.3, -0.25) is 4.98 Å². The third-order valence-corrected chi connectivity index (χ3v) is 7.68. The Hall–Kier alpha value is -3.20. The Morgan fingerprint density at radius 3 is 2.71 bits per heavy atom. The van der Waals surface area contributed by atoms with E-state index in [9.17, 15) is 0 Å². The van der Waals surface area contributed by atoms with Crippen molar-refractivity contribution in [2.75, 3.05) is 0 Å². The summed E-state index contributed by atoms with van der Waals surface area (Å²) in [4.78, 5) is 4.81. The summed E-state index contributed by atoms with van der Waals surface area (Å²) in [5.41, 5.74) is 9.12. The molecule has 1 fully saturated rings. The predicted octanol–water partition coefficient (Wildman–Crippen LogP) is 6.57. The van der Waals surface area contributed by atoms with Crippen molar-refractivity contribution in [2.45, 2.75) is 44.9 Å². The van der Waals surface area contributed by atoms with Crippen molar-refractivity contribution in [3.63, 3.8) is 0 Å². The fourth-order valence-electron chi connectivity index (χ4n) is 6.22. The summed E-state index contributed by atoms with van der Waals surface area (Å²) in [6.07, 6.45) is 10.9. The van der Waals surface area contributed by atoms with Crippen molar-refractivity contribution in [1.29, 1.82) is 0 Å². The van der Waals surface area contributed by atoms with E-state index >= 15 is 0 Å². The van der Waals surface area contributed by atoms with Crippen LogP contribution in [0.4, 0.5) is 0 Å². The van der Waals surface area contributed by atoms with Crippen LogP contribution < -0.4 is 4.57 Å². The summed E-state index contributed by atoms with van der Waals surface area (Å²) in [6.45, 7) is 2.24. The zero-order valence-corrected chi connectivity index (χ0v) is 18.2. The van der Waals surface area contributed by atoms with Crippen molar-refractivity contribution >= 4 is 49.1 Å². The maximum Gasteiger partial charge on any atom is 0.224 e. The Labute approximate surface area is 181 Å². The first-order chi connectivity index (χ1) is 15.2. The van der Waals surface area contributed by atoms with Gasteiger partial charge in [0.1, 0.15) is 7.05 Å². The Morgan fingerprint density at radius 1 is 0.968 bits per heavy atom. The van der Waals surface area contributed by atoms with Gasteiger partial charge < -0.3 is 4.40 Å². The van der Waals surface area contributed by atoms with Crippen LogP contribution in [0.25, 0.3) is 49.1 Å². The van der Waals surface area contributed by atoms with Crippen LogP contribution in [0.15, 0.2) is 54.9 Å². The molecule has 0 amide bonds. The van der Waals surface area contributed by atoms with Gasteiger partial charge >= 0.3 is 0 Å². The van der Waals surface area contributed by atoms with E-state index in [1.165, 1.54) is 86.8 Å². The molecular formula is C28H26N3+. The van der Waals surface area contributed by atoms with Crippen LogP contribution >= 0.6 is 0 Å². The number of hydrogen-bond donors (Lipinski definition) is 0. The Bertz CT molecular complexity index is 1630. The van der Waals surface area contributed by atoms with Crippen LogP contribution in [0, 0.1) is 6.92 Å². The zero-order chi connectivity index (χ0) is 20.7. The van der Waals surface area contributed by atoms with Crippen molar-refractivity contribution in [2.24, 2.45) is 7.05 Å². The first-order valence-electron chi connectivity index (χ1n) is 11.6. The van der Waals surface area contributed by atoms with Crippen molar-refractivity contribution in [1.82, 2.24) is 9.38 Å². The second-order valence-electron chi connectivity index (χ2n) is 9.47. The fourth-order valence-corrected chi connectivity index (χ4v) is 6.22. The minimum absolute atomic E-state index is 0.682. The Morgan fingerprint density at radius 2 is 1.84 bits per heavy atom. The van der Waals surface area contributed by atoms with E-state index in [4.69, 9.17) is 4.98 Å². The highest BCUT2D eigenvalue weighted by molar-refractivity contribution is 6.25. The largest absolute Gasteiger partial charge is 0.306 e. The molecule has 6 aromatic rings. The summed E-state index contributed by atoms with van der Waals surface area (Å²) in [7, 11) is 2.18. The molecule has 0 bridgehead atoms. The first kappa shape index (κ1) is 17.5. The van der Waals surface area contributed by atoms with E-state index in [0.29, 0.717) is 5.92 Å². The molecule has 3 nitrogen and oxygen atoms in total. The van der Waals surface area contributed by atoms with Gasteiger partial charge in [-0.2, -0.15) is 0 Å². The predicted molar refractivity (Wildman–Crippen MR) is 128 cm³/mol. The molecule has 4 heterocycles. The minimum Gasteiger partial charge on any atom is -0.306 e. The van der Waals surface area contributed by atoms with E-state index in [1.54, 1.807) is 0 Å². The normalized spacial score (nSPS) is 15.9. The van der Waals surface area contributed by atoms with Gasteiger partial charge in [-0.05, 0) is 60.4 Å². The molecule has 1 aliphatic carbocycles. The quantitative estimate of drug-likeness (QED) is 0.173. The van der Waals surface area contributed by atoms with Gasteiger partial charge in [-0.1, -0.05) is 37.5 Å². The third kappa shape index (κ3) is 2.24. The smallest absolute Gasteiger partial charge is 0.224 e. The molecule has 0 spiro atoms. The first-order valence-corrected chi connectivity index (χ1v) is 11.6. The van der Waals surface area contributed by atoms with Crippen molar-refractivity contribution < 1.29 is 4.57 Å². The average Bonchev–Trinajstić information content (AvgIpc) is 3.15. The number of aryl methyl sites for hydroxylation is 2. The molecule has 0 atom stereocenters. The van der Waals surface area contributed by atoms with E-state index in [2.05, 4.69) is 71.6 Å². The van der Waals surface area contributed by atoms with Gasteiger partial charge in [-0.25, -0.2) is 4.57 Å². The number of hydrogen-bond acceptors (Lipinski definition) is 1. The molecule has 0 unspecified atom stereocenters. The second-order valence-corrected chi connectivity index (χ2v) is 9.47. The van der Waals surface area contributed by atoms with Gasteiger partial charge in [0, 0.05) is 17.6 Å². The highest BCUT2D eigenvalue weighted by Gasteiger charge is 2.25. The van der Waals surface area contributed by atoms with E-state index in [1.807, 2.05) is 6.20 Å². The molecule has 31 heavy (non-hydrogen) atoms. The van der Waals surface area contributed by atoms with Gasteiger partial charge in [0.2, 0.25) is 5.52 Å². The van der Waals surface area contributed by atoms with Crippen LogP contribution in [-0.4, -0.2) is 9.38 Å². The lowest BCUT2D eigenvalue weighted by atomic mass is 9.83. The number of nitrogens with zero attached hydrogens (tertiary/aromatic N) is 3. The summed E-state index contributed by atoms with van der Waals surface area (Å²) in [5.74, 6) is 0.682. The summed E-state index contributed by atoms with van der Waals surface area (Å²) < 4.78 is 4.81. The lowest BCUT2D eigenvalue weighted by Gasteiger charge is -2.23. The molecule has 2 aromatic carbocycles. The summed E-state index contributed by atoms with van der Waals surface area (Å²) >= 11 is 0. The number of fused-ring (bicyclic) bond motifs is 5. The molecule has 152 valence electrons. The SMILES string of the molecule is Cc1ccc2c3ncccc3n3c4cc(C5CCCCC5)cc5cc[n+](C)c(c1c23)c54. The maximum absolute atomic E-state index is 4.81. The number of rotatable bonds is 1. The molecular weight excluding hydrogens is 378 g/mol. The topological polar surface area (TPSA) is 21.2 Å². The Kier molecular flexibility index (Phi) is 3.47. The van der Waals surface area contributed by atoms with Crippen LogP contribution in [0.3, 0.4) is 0 Å². The van der Waals surface area contributed by atoms with E-state index in [0.717, 1.165) is 5.52 Å². The van der Waals surface area contributed by atoms with E-state index < -0.39 is 0 Å². The van der Waals surface area contributed by atoms with Gasteiger partial charge in [0.25, 0.3) is 0 Å². The van der Waals surface area contributed by atoms with Crippen LogP contribution in [0.5, 0.6) is 0 Å². The second kappa shape index (κ2) is 6.16.